The van der Waals surface area contributed by atoms with Crippen molar-refractivity contribution in [3.63, 3.8) is 0 Å². The highest BCUT2D eigenvalue weighted by Crippen LogP contribution is 2.22. The molecule has 0 fully saturated rings. The Morgan fingerprint density at radius 2 is 2.10 bits per heavy atom. The Kier molecular flexibility index (Phi) is 5.61. The quantitative estimate of drug-likeness (QED) is 0.761. The minimum atomic E-state index is -3.48. The summed E-state index contributed by atoms with van der Waals surface area (Å²) in [6.45, 7) is 3.82. The van der Waals surface area contributed by atoms with E-state index in [9.17, 15) is 8.42 Å². The third-order valence-electron chi connectivity index (χ3n) is 3.01. The van der Waals surface area contributed by atoms with Gasteiger partial charge in [0.15, 0.2) is 0 Å². The van der Waals surface area contributed by atoms with Gasteiger partial charge in [0.05, 0.1) is 8.68 Å². The van der Waals surface area contributed by atoms with Crippen molar-refractivity contribution in [3.05, 3.63) is 38.8 Å². The highest BCUT2D eigenvalue weighted by molar-refractivity contribution is 9.11. The molecular weight excluding hydrogens is 374 g/mol. The first-order valence-corrected chi connectivity index (χ1v) is 9.61. The molecule has 21 heavy (non-hydrogen) atoms. The predicted octanol–water partition coefficient (Wildman–Crippen LogP) is 2.44. The Labute approximate surface area is 137 Å². The molecule has 116 valence electrons. The van der Waals surface area contributed by atoms with E-state index in [0.29, 0.717) is 18.0 Å². The van der Waals surface area contributed by atoms with E-state index in [1.54, 1.807) is 12.3 Å². The number of nitrogens with zero attached hydrogens (tertiary/aromatic N) is 1. The van der Waals surface area contributed by atoms with Crippen LogP contribution in [-0.4, -0.2) is 19.5 Å². The average molecular weight is 392 g/mol. The molecule has 0 amide bonds. The number of sulfonamides is 1. The van der Waals surface area contributed by atoms with Crippen LogP contribution in [0.15, 0.2) is 33.1 Å². The van der Waals surface area contributed by atoms with Gasteiger partial charge in [-0.3, -0.25) is 0 Å². The minimum Gasteiger partial charge on any atom is -0.352 e. The van der Waals surface area contributed by atoms with E-state index >= 15 is 0 Å². The van der Waals surface area contributed by atoms with Crippen molar-refractivity contribution >= 4 is 37.3 Å². The summed E-state index contributed by atoms with van der Waals surface area (Å²) in [4.78, 5) is 1.27. The molecular formula is C13H18BrN3O2S2. The number of hydrogen-bond donors (Lipinski definition) is 2. The smallest absolute Gasteiger partial charge is 0.242 e. The lowest BCUT2D eigenvalue weighted by Crippen LogP contribution is -2.22. The van der Waals surface area contributed by atoms with E-state index in [-0.39, 0.29) is 0 Å². The fourth-order valence-corrected chi connectivity index (χ4v) is 4.46. The lowest BCUT2D eigenvalue weighted by Gasteiger charge is -2.02. The molecule has 0 unspecified atom stereocenters. The van der Waals surface area contributed by atoms with Crippen LogP contribution in [-0.2, 0) is 30.2 Å². The van der Waals surface area contributed by atoms with Crippen LogP contribution in [0.5, 0.6) is 0 Å². The number of hydrogen-bond acceptors (Lipinski definition) is 4. The number of halogens is 1. The molecule has 0 bridgehead atoms. The Morgan fingerprint density at radius 3 is 2.71 bits per heavy atom. The standard InChI is InChI=1S/C13H18BrN3O2S2/c1-3-15-7-10-6-12(9-17(10)2)21(18,19)16-8-11-4-5-13(14)20-11/h4-6,9,15-16H,3,7-8H2,1-2H3. The first kappa shape index (κ1) is 16.7. The van der Waals surface area contributed by atoms with E-state index in [1.165, 1.54) is 11.3 Å². The summed E-state index contributed by atoms with van der Waals surface area (Å²) >= 11 is 4.88. The fraction of sp³-hybridized carbons (Fsp3) is 0.385. The van der Waals surface area contributed by atoms with Crippen molar-refractivity contribution in [2.75, 3.05) is 6.54 Å². The van der Waals surface area contributed by atoms with Gasteiger partial charge in [-0.2, -0.15) is 0 Å². The van der Waals surface area contributed by atoms with Gasteiger partial charge in [-0.25, -0.2) is 13.1 Å². The van der Waals surface area contributed by atoms with E-state index in [2.05, 4.69) is 26.0 Å². The van der Waals surface area contributed by atoms with Gasteiger partial charge >= 0.3 is 0 Å². The molecule has 2 aromatic heterocycles. The van der Waals surface area contributed by atoms with Crippen molar-refractivity contribution in [2.24, 2.45) is 7.05 Å². The van der Waals surface area contributed by atoms with Crippen molar-refractivity contribution < 1.29 is 8.42 Å². The monoisotopic (exact) mass is 391 g/mol. The zero-order valence-electron chi connectivity index (χ0n) is 11.9. The summed E-state index contributed by atoms with van der Waals surface area (Å²) < 4.78 is 30.1. The second-order valence-corrected chi connectivity index (χ2v) is 8.90. The number of aromatic nitrogens is 1. The first-order chi connectivity index (χ1) is 9.92. The minimum absolute atomic E-state index is 0.300. The Balaban J connectivity index is 2.08. The third kappa shape index (κ3) is 4.40. The zero-order valence-corrected chi connectivity index (χ0v) is 15.1. The topological polar surface area (TPSA) is 63.1 Å². The second-order valence-electron chi connectivity index (χ2n) is 4.59. The van der Waals surface area contributed by atoms with Gasteiger partial charge in [0, 0.05) is 36.9 Å². The zero-order chi connectivity index (χ0) is 15.5. The second kappa shape index (κ2) is 7.06. The van der Waals surface area contributed by atoms with Gasteiger partial charge in [0.2, 0.25) is 10.0 Å². The van der Waals surface area contributed by atoms with E-state index < -0.39 is 10.0 Å². The summed E-state index contributed by atoms with van der Waals surface area (Å²) in [5.41, 5.74) is 0.941. The van der Waals surface area contributed by atoms with Gasteiger partial charge in [0.1, 0.15) is 0 Å². The third-order valence-corrected chi connectivity index (χ3v) is 6.01. The van der Waals surface area contributed by atoms with Crippen LogP contribution in [0.4, 0.5) is 0 Å². The normalized spacial score (nSPS) is 12.0. The van der Waals surface area contributed by atoms with Gasteiger partial charge < -0.3 is 9.88 Å². The maximum atomic E-state index is 12.3. The molecule has 0 aliphatic rings. The molecule has 0 spiro atoms. The van der Waals surface area contributed by atoms with E-state index in [1.807, 2.05) is 30.7 Å². The Morgan fingerprint density at radius 1 is 1.33 bits per heavy atom. The van der Waals surface area contributed by atoms with E-state index in [4.69, 9.17) is 0 Å². The van der Waals surface area contributed by atoms with Crippen LogP contribution in [0.1, 0.15) is 17.5 Å². The molecule has 0 radical (unpaired) electrons. The van der Waals surface area contributed by atoms with Gasteiger partial charge in [-0.1, -0.05) is 6.92 Å². The highest BCUT2D eigenvalue weighted by Gasteiger charge is 2.17. The summed E-state index contributed by atoms with van der Waals surface area (Å²) in [6, 6.07) is 5.51. The molecule has 2 N–H and O–H groups in total. The number of rotatable bonds is 7. The lowest BCUT2D eigenvalue weighted by molar-refractivity contribution is 0.581. The predicted molar refractivity (Wildman–Crippen MR) is 88.8 cm³/mol. The van der Waals surface area contributed by atoms with Crippen LogP contribution in [0.25, 0.3) is 0 Å². The average Bonchev–Trinajstić information content (AvgIpc) is 3.01. The van der Waals surface area contributed by atoms with Crippen LogP contribution in [0, 0.1) is 0 Å². The lowest BCUT2D eigenvalue weighted by atomic mass is 10.4. The molecule has 0 aliphatic heterocycles. The molecule has 8 heteroatoms. The molecule has 0 atom stereocenters. The molecule has 0 aliphatic carbocycles. The largest absolute Gasteiger partial charge is 0.352 e. The van der Waals surface area contributed by atoms with Crippen molar-refractivity contribution in [1.82, 2.24) is 14.6 Å². The van der Waals surface area contributed by atoms with Crippen molar-refractivity contribution in [1.29, 1.82) is 0 Å². The van der Waals surface area contributed by atoms with Gasteiger partial charge in [-0.05, 0) is 40.7 Å². The van der Waals surface area contributed by atoms with Crippen LogP contribution >= 0.6 is 27.3 Å². The van der Waals surface area contributed by atoms with Crippen LogP contribution < -0.4 is 10.0 Å². The van der Waals surface area contributed by atoms with Gasteiger partial charge in [0.25, 0.3) is 0 Å². The van der Waals surface area contributed by atoms with Gasteiger partial charge in [-0.15, -0.1) is 11.3 Å². The molecule has 2 heterocycles. The Hall–Kier alpha value is -0.670. The Bertz CT molecular complexity index is 707. The summed E-state index contributed by atoms with van der Waals surface area (Å²) in [5.74, 6) is 0. The number of aryl methyl sites for hydroxylation is 1. The molecule has 0 saturated carbocycles. The van der Waals surface area contributed by atoms with Crippen LogP contribution in [0.2, 0.25) is 0 Å². The highest BCUT2D eigenvalue weighted by atomic mass is 79.9. The SMILES string of the molecule is CCNCc1cc(S(=O)(=O)NCc2ccc(Br)s2)cn1C. The summed E-state index contributed by atoms with van der Waals surface area (Å²) in [5, 5.41) is 3.19. The molecule has 5 nitrogen and oxygen atoms in total. The molecule has 2 aromatic rings. The number of thiophene rings is 1. The first-order valence-electron chi connectivity index (χ1n) is 6.52. The molecule has 0 saturated heterocycles. The summed E-state index contributed by atoms with van der Waals surface area (Å²) in [7, 11) is -1.63. The van der Waals surface area contributed by atoms with Crippen LogP contribution in [0.3, 0.4) is 0 Å². The maximum Gasteiger partial charge on any atom is 0.242 e. The van der Waals surface area contributed by atoms with Crippen molar-refractivity contribution in [3.8, 4) is 0 Å². The number of nitrogens with one attached hydrogen (secondary N) is 2. The van der Waals surface area contributed by atoms with Crippen molar-refractivity contribution in [2.45, 2.75) is 24.9 Å². The molecule has 0 aromatic carbocycles. The van der Waals surface area contributed by atoms with E-state index in [0.717, 1.165) is 20.9 Å². The summed E-state index contributed by atoms with van der Waals surface area (Å²) in [6.07, 6.45) is 1.64. The fourth-order valence-electron chi connectivity index (χ4n) is 1.85. The maximum absolute atomic E-state index is 12.3. The molecule has 2 rings (SSSR count).